The number of hydrogen-bond donors (Lipinski definition) is 2. The third kappa shape index (κ3) is 3.29. The number of rotatable bonds is 4. The monoisotopic (exact) mass is 336 g/mol. The van der Waals surface area contributed by atoms with Gasteiger partial charge < -0.3 is 9.73 Å². The van der Waals surface area contributed by atoms with E-state index < -0.39 is 23.7 Å². The molecule has 0 unspecified atom stereocenters. The zero-order valence-corrected chi connectivity index (χ0v) is 12.0. The summed E-state index contributed by atoms with van der Waals surface area (Å²) in [5, 5.41) is 8.86. The van der Waals surface area contributed by atoms with Crippen LogP contribution in [0.3, 0.4) is 0 Å². The quantitative estimate of drug-likeness (QED) is 0.767. The fourth-order valence-corrected chi connectivity index (χ4v) is 2.17. The smallest absolute Gasteiger partial charge is 0.416 e. The lowest BCUT2D eigenvalue weighted by atomic mass is 10.0. The number of carbonyl (C=O) groups excluding carboxylic acids is 1. The molecule has 0 saturated heterocycles. The van der Waals surface area contributed by atoms with Gasteiger partial charge in [-0.05, 0) is 23.8 Å². The Hall–Kier alpha value is -3.10. The molecular weight excluding hydrogens is 325 g/mol. The molecule has 0 spiro atoms. The molecule has 2 N–H and O–H groups in total. The average Bonchev–Trinajstić information content (AvgIpc) is 3.25. The highest BCUT2D eigenvalue weighted by Gasteiger charge is 2.31. The summed E-state index contributed by atoms with van der Waals surface area (Å²) in [6, 6.07) is 5.18. The molecule has 0 saturated carbocycles. The van der Waals surface area contributed by atoms with Gasteiger partial charge >= 0.3 is 6.18 Å². The number of benzene rings is 1. The van der Waals surface area contributed by atoms with Gasteiger partial charge in [0.25, 0.3) is 5.91 Å². The Morgan fingerprint density at radius 2 is 2.12 bits per heavy atom. The van der Waals surface area contributed by atoms with Crippen molar-refractivity contribution in [2.75, 3.05) is 0 Å². The molecule has 3 aromatic rings. The maximum Gasteiger partial charge on any atom is 0.416 e. The van der Waals surface area contributed by atoms with Gasteiger partial charge in [-0.1, -0.05) is 12.1 Å². The Labute approximate surface area is 133 Å². The number of carbonyl (C=O) groups is 1. The van der Waals surface area contributed by atoms with Crippen molar-refractivity contribution in [1.82, 2.24) is 20.5 Å². The van der Waals surface area contributed by atoms with Crippen LogP contribution in [-0.4, -0.2) is 21.1 Å². The zero-order chi connectivity index (χ0) is 17.2. The Kier molecular flexibility index (Phi) is 4.07. The average molecular weight is 336 g/mol. The zero-order valence-electron chi connectivity index (χ0n) is 12.0. The molecule has 1 aromatic carbocycles. The van der Waals surface area contributed by atoms with Crippen molar-refractivity contribution in [3.8, 4) is 0 Å². The molecular formula is C15H11F3N4O2. The maximum absolute atomic E-state index is 12.9. The summed E-state index contributed by atoms with van der Waals surface area (Å²) in [6.45, 7) is 0. The first kappa shape index (κ1) is 15.8. The molecule has 24 heavy (non-hydrogen) atoms. The van der Waals surface area contributed by atoms with Crippen molar-refractivity contribution in [2.45, 2.75) is 12.2 Å². The molecule has 0 aliphatic rings. The topological polar surface area (TPSA) is 83.8 Å². The van der Waals surface area contributed by atoms with Crippen molar-refractivity contribution < 1.29 is 22.4 Å². The lowest BCUT2D eigenvalue weighted by molar-refractivity contribution is -0.137. The molecule has 124 valence electrons. The molecule has 1 atom stereocenters. The van der Waals surface area contributed by atoms with Crippen LogP contribution in [-0.2, 0) is 6.18 Å². The van der Waals surface area contributed by atoms with Gasteiger partial charge in [-0.25, -0.2) is 4.98 Å². The summed E-state index contributed by atoms with van der Waals surface area (Å²) >= 11 is 0. The number of amides is 1. The first-order valence-corrected chi connectivity index (χ1v) is 6.80. The highest BCUT2D eigenvalue weighted by atomic mass is 19.4. The summed E-state index contributed by atoms with van der Waals surface area (Å²) < 4.78 is 43.6. The Balaban J connectivity index is 1.96. The van der Waals surface area contributed by atoms with E-state index in [1.54, 1.807) is 0 Å². The number of nitrogens with one attached hydrogen (secondary N) is 2. The number of H-pyrrole nitrogens is 1. The van der Waals surface area contributed by atoms with Crippen LogP contribution >= 0.6 is 0 Å². The van der Waals surface area contributed by atoms with Crippen LogP contribution < -0.4 is 5.32 Å². The van der Waals surface area contributed by atoms with Crippen LogP contribution in [0.1, 0.15) is 33.4 Å². The van der Waals surface area contributed by atoms with E-state index in [9.17, 15) is 18.0 Å². The number of halogens is 3. The molecule has 0 bridgehead atoms. The van der Waals surface area contributed by atoms with E-state index in [1.165, 1.54) is 37.1 Å². The fourth-order valence-electron chi connectivity index (χ4n) is 2.17. The minimum Gasteiger partial charge on any atom is -0.472 e. The molecule has 9 heteroatoms. The summed E-state index contributed by atoms with van der Waals surface area (Å²) in [7, 11) is 0. The molecule has 6 nitrogen and oxygen atoms in total. The molecule has 3 rings (SSSR count). The van der Waals surface area contributed by atoms with Gasteiger partial charge in [-0.2, -0.15) is 18.3 Å². The first-order chi connectivity index (χ1) is 11.4. The van der Waals surface area contributed by atoms with Crippen LogP contribution in [0.5, 0.6) is 0 Å². The van der Waals surface area contributed by atoms with Gasteiger partial charge in [0.1, 0.15) is 18.6 Å². The normalized spacial score (nSPS) is 12.8. The molecule has 0 aliphatic carbocycles. The molecule has 2 heterocycles. The predicted molar refractivity (Wildman–Crippen MR) is 75.8 cm³/mol. The van der Waals surface area contributed by atoms with Gasteiger partial charge in [-0.15, -0.1) is 0 Å². The van der Waals surface area contributed by atoms with Gasteiger partial charge in [0.05, 0.1) is 17.4 Å². The number of nitrogens with zero attached hydrogens (tertiary/aromatic N) is 2. The SMILES string of the molecule is O=C(N[C@@H](c1cccc(C(F)(F)F)c1)c1ncn[nH]1)c1ccoc1. The first-order valence-electron chi connectivity index (χ1n) is 6.80. The van der Waals surface area contributed by atoms with Crippen LogP contribution in [0.25, 0.3) is 0 Å². The number of furan rings is 1. The van der Waals surface area contributed by atoms with Crippen LogP contribution in [0.2, 0.25) is 0 Å². The van der Waals surface area contributed by atoms with E-state index in [1.807, 2.05) is 0 Å². The fraction of sp³-hybridized carbons (Fsp3) is 0.133. The lowest BCUT2D eigenvalue weighted by Crippen LogP contribution is -2.30. The second-order valence-corrected chi connectivity index (χ2v) is 4.91. The van der Waals surface area contributed by atoms with Crippen LogP contribution in [0.4, 0.5) is 13.2 Å². The van der Waals surface area contributed by atoms with E-state index in [4.69, 9.17) is 4.42 Å². The third-order valence-corrected chi connectivity index (χ3v) is 3.31. The van der Waals surface area contributed by atoms with Gasteiger partial charge in [0.2, 0.25) is 0 Å². The van der Waals surface area contributed by atoms with Gasteiger partial charge in [-0.3, -0.25) is 9.89 Å². The van der Waals surface area contributed by atoms with Crippen molar-refractivity contribution in [3.05, 3.63) is 71.7 Å². The van der Waals surface area contributed by atoms with E-state index in [-0.39, 0.29) is 17.0 Å². The number of aromatic nitrogens is 3. The van der Waals surface area contributed by atoms with Crippen molar-refractivity contribution in [2.24, 2.45) is 0 Å². The van der Waals surface area contributed by atoms with E-state index in [0.717, 1.165) is 12.1 Å². The number of alkyl halides is 3. The van der Waals surface area contributed by atoms with Crippen molar-refractivity contribution in [3.63, 3.8) is 0 Å². The van der Waals surface area contributed by atoms with Crippen LogP contribution in [0.15, 0.2) is 53.6 Å². The second kappa shape index (κ2) is 6.19. The highest BCUT2D eigenvalue weighted by molar-refractivity contribution is 5.94. The predicted octanol–water partition coefficient (Wildman–Crippen LogP) is 2.94. The largest absolute Gasteiger partial charge is 0.472 e. The minimum atomic E-state index is -4.49. The van der Waals surface area contributed by atoms with Crippen molar-refractivity contribution in [1.29, 1.82) is 0 Å². The lowest BCUT2D eigenvalue weighted by Gasteiger charge is -2.18. The molecule has 0 aliphatic heterocycles. The van der Waals surface area contributed by atoms with Gasteiger partial charge in [0.15, 0.2) is 5.82 Å². The van der Waals surface area contributed by atoms with E-state index in [2.05, 4.69) is 20.5 Å². The molecule has 0 fully saturated rings. The summed E-state index contributed by atoms with van der Waals surface area (Å²) in [6.07, 6.45) is -0.724. The van der Waals surface area contributed by atoms with E-state index in [0.29, 0.717) is 0 Å². The highest BCUT2D eigenvalue weighted by Crippen LogP contribution is 2.31. The van der Waals surface area contributed by atoms with Crippen molar-refractivity contribution >= 4 is 5.91 Å². The minimum absolute atomic E-state index is 0.214. The number of aromatic amines is 1. The van der Waals surface area contributed by atoms with Gasteiger partial charge in [0, 0.05) is 0 Å². The Morgan fingerprint density at radius 1 is 1.29 bits per heavy atom. The third-order valence-electron chi connectivity index (χ3n) is 3.31. The van der Waals surface area contributed by atoms with Crippen LogP contribution in [0, 0.1) is 0 Å². The van der Waals surface area contributed by atoms with E-state index >= 15 is 0 Å². The standard InChI is InChI=1S/C15H11F3N4O2/c16-15(17,18)11-3-1-2-9(6-11)12(13-19-8-20-22-13)21-14(23)10-4-5-24-7-10/h1-8,12H,(H,21,23)(H,19,20,22)/t12-/m0/s1. The molecule has 2 aromatic heterocycles. The number of hydrogen-bond acceptors (Lipinski definition) is 4. The maximum atomic E-state index is 12.9. The Morgan fingerprint density at radius 3 is 2.75 bits per heavy atom. The summed E-state index contributed by atoms with van der Waals surface area (Å²) in [4.78, 5) is 16.1. The Bertz CT molecular complexity index is 814. The summed E-state index contributed by atoms with van der Waals surface area (Å²) in [5.74, 6) is -0.297. The summed E-state index contributed by atoms with van der Waals surface area (Å²) in [5.41, 5.74) is -0.355. The molecule has 0 radical (unpaired) electrons. The second-order valence-electron chi connectivity index (χ2n) is 4.91. The molecule has 1 amide bonds.